The summed E-state index contributed by atoms with van der Waals surface area (Å²) in [5.74, 6) is -0.342. The molecule has 152 valence electrons. The van der Waals surface area contributed by atoms with Crippen molar-refractivity contribution in [2.75, 3.05) is 24.7 Å². The minimum atomic E-state index is -3.30. The zero-order chi connectivity index (χ0) is 20.3. The number of nitrogens with zero attached hydrogens (tertiary/aromatic N) is 4. The van der Waals surface area contributed by atoms with Crippen LogP contribution in [0.2, 0.25) is 0 Å². The fourth-order valence-corrected chi connectivity index (χ4v) is 4.49. The smallest absolute Gasteiger partial charge is 0.211 e. The summed E-state index contributed by atoms with van der Waals surface area (Å²) in [4.78, 5) is 4.17. The van der Waals surface area contributed by atoms with Crippen molar-refractivity contribution in [2.24, 2.45) is 4.99 Å². The highest BCUT2D eigenvalue weighted by Crippen LogP contribution is 2.24. The molecule has 0 saturated carbocycles. The molecule has 28 heavy (non-hydrogen) atoms. The number of sulfonamides is 1. The highest BCUT2D eigenvalue weighted by atomic mass is 79.9. The number of benzene rings is 1. The maximum atomic E-state index is 13.4. The van der Waals surface area contributed by atoms with Crippen molar-refractivity contribution in [3.8, 4) is 0 Å². The Bertz CT molecular complexity index is 983. The van der Waals surface area contributed by atoms with Crippen LogP contribution in [0.25, 0.3) is 0 Å². The predicted molar refractivity (Wildman–Crippen MR) is 103 cm³/mol. The Kier molecular flexibility index (Phi) is 6.27. The molecule has 0 amide bonds. The molecule has 0 unspecified atom stereocenters. The van der Waals surface area contributed by atoms with Gasteiger partial charge >= 0.3 is 0 Å². The highest BCUT2D eigenvalue weighted by molar-refractivity contribution is 9.10. The van der Waals surface area contributed by atoms with E-state index in [2.05, 4.69) is 36.6 Å². The Balaban J connectivity index is 1.78. The summed E-state index contributed by atoms with van der Waals surface area (Å²) in [6.45, 7) is 0.758. The van der Waals surface area contributed by atoms with Crippen molar-refractivity contribution in [1.82, 2.24) is 20.1 Å². The summed E-state index contributed by atoms with van der Waals surface area (Å²) in [7, 11) is -3.30. The first-order valence-electron chi connectivity index (χ1n) is 8.27. The first kappa shape index (κ1) is 20.6. The van der Waals surface area contributed by atoms with Crippen molar-refractivity contribution in [1.29, 1.82) is 0 Å². The Labute approximate surface area is 168 Å². The van der Waals surface area contributed by atoms with Crippen LogP contribution in [0.15, 0.2) is 32.3 Å². The topological polar surface area (TPSA) is 133 Å². The molecule has 1 aliphatic rings. The van der Waals surface area contributed by atoms with E-state index in [1.54, 1.807) is 0 Å². The summed E-state index contributed by atoms with van der Waals surface area (Å²) in [5, 5.41) is 19.9. The lowest BCUT2D eigenvalue weighted by atomic mass is 10.2. The third kappa shape index (κ3) is 4.66. The van der Waals surface area contributed by atoms with Crippen LogP contribution >= 0.6 is 15.9 Å². The Morgan fingerprint density at radius 2 is 2.29 bits per heavy atom. The number of anilines is 1. The fraction of sp³-hybridized carbons (Fsp3) is 0.400. The average Bonchev–Trinajstić information content (AvgIpc) is 3.29. The SMILES string of the molecule is CS(=O)(=O)N1CCC[C@H]1CNc1nonc1C(=Nc1ccc(F)c(Br)c1)NO. The minimum absolute atomic E-state index is 0.0753. The molecule has 0 spiro atoms. The number of halogens is 2. The van der Waals surface area contributed by atoms with Crippen LogP contribution in [0.4, 0.5) is 15.9 Å². The van der Waals surface area contributed by atoms with Crippen molar-refractivity contribution in [3.63, 3.8) is 0 Å². The first-order valence-corrected chi connectivity index (χ1v) is 10.9. The van der Waals surface area contributed by atoms with E-state index in [0.717, 1.165) is 6.42 Å². The van der Waals surface area contributed by atoms with Crippen molar-refractivity contribution in [3.05, 3.63) is 34.2 Å². The van der Waals surface area contributed by atoms with E-state index in [9.17, 15) is 18.0 Å². The Morgan fingerprint density at radius 1 is 1.50 bits per heavy atom. The second kappa shape index (κ2) is 8.51. The number of hydroxylamine groups is 1. The van der Waals surface area contributed by atoms with E-state index in [1.807, 2.05) is 5.48 Å². The average molecular weight is 477 g/mol. The molecule has 2 aromatic rings. The van der Waals surface area contributed by atoms with Gasteiger partial charge in [-0.15, -0.1) is 0 Å². The molecule has 0 radical (unpaired) electrons. The van der Waals surface area contributed by atoms with Crippen molar-refractivity contribution < 1.29 is 22.6 Å². The molecule has 0 bridgehead atoms. The molecule has 0 aliphatic carbocycles. The van der Waals surface area contributed by atoms with Gasteiger partial charge in [-0.05, 0) is 57.3 Å². The molecule has 3 N–H and O–H groups in total. The van der Waals surface area contributed by atoms with Crippen LogP contribution in [-0.4, -0.2) is 59.5 Å². The normalized spacial score (nSPS) is 18.4. The number of amidine groups is 1. The van der Waals surface area contributed by atoms with Gasteiger partial charge in [-0.3, -0.25) is 10.7 Å². The largest absolute Gasteiger partial charge is 0.364 e. The third-order valence-corrected chi connectivity index (χ3v) is 6.16. The summed E-state index contributed by atoms with van der Waals surface area (Å²) >= 11 is 3.07. The summed E-state index contributed by atoms with van der Waals surface area (Å²) in [5.41, 5.74) is 2.36. The molecular weight excluding hydrogens is 459 g/mol. The lowest BCUT2D eigenvalue weighted by Crippen LogP contribution is -2.39. The third-order valence-electron chi connectivity index (χ3n) is 4.22. The minimum Gasteiger partial charge on any atom is -0.364 e. The van der Waals surface area contributed by atoms with Gasteiger partial charge in [-0.1, -0.05) is 0 Å². The van der Waals surface area contributed by atoms with Gasteiger partial charge in [0.15, 0.2) is 11.5 Å². The van der Waals surface area contributed by atoms with Crippen LogP contribution in [-0.2, 0) is 10.0 Å². The maximum absolute atomic E-state index is 13.4. The zero-order valence-corrected chi connectivity index (χ0v) is 17.2. The summed E-state index contributed by atoms with van der Waals surface area (Å²) in [6.07, 6.45) is 2.66. The number of hydrogen-bond acceptors (Lipinski definition) is 8. The van der Waals surface area contributed by atoms with Gasteiger partial charge in [-0.2, -0.15) is 4.31 Å². The van der Waals surface area contributed by atoms with Gasteiger partial charge in [0.2, 0.25) is 15.8 Å². The lowest BCUT2D eigenvalue weighted by molar-refractivity contribution is 0.234. The van der Waals surface area contributed by atoms with Crippen molar-refractivity contribution in [2.45, 2.75) is 18.9 Å². The van der Waals surface area contributed by atoms with Crippen LogP contribution in [0.3, 0.4) is 0 Å². The summed E-state index contributed by atoms with van der Waals surface area (Å²) < 4.78 is 43.4. The number of aliphatic imine (C=N–C) groups is 1. The maximum Gasteiger partial charge on any atom is 0.211 e. The predicted octanol–water partition coefficient (Wildman–Crippen LogP) is 1.86. The standard InChI is InChI=1S/C15H18BrFN6O4S/c1-28(25,26)23-6-2-3-10(23)8-18-14-13(21-27-22-14)15(20-24)19-9-4-5-12(17)11(16)7-9/h4-5,7,10,24H,2-3,6,8H2,1H3,(H,18,22)(H,19,20)/t10-/m0/s1. The van der Waals surface area contributed by atoms with E-state index in [1.165, 1.54) is 28.8 Å². The number of rotatable bonds is 6. The van der Waals surface area contributed by atoms with Crippen LogP contribution in [0.1, 0.15) is 18.5 Å². The zero-order valence-electron chi connectivity index (χ0n) is 14.8. The van der Waals surface area contributed by atoms with E-state index >= 15 is 0 Å². The van der Waals surface area contributed by atoms with Crippen molar-refractivity contribution >= 4 is 43.3 Å². The van der Waals surface area contributed by atoms with E-state index < -0.39 is 15.8 Å². The molecule has 1 aromatic heterocycles. The van der Waals surface area contributed by atoms with Gasteiger partial charge < -0.3 is 5.32 Å². The van der Waals surface area contributed by atoms with Crippen LogP contribution in [0.5, 0.6) is 0 Å². The molecule has 3 rings (SSSR count). The van der Waals surface area contributed by atoms with E-state index in [-0.39, 0.29) is 34.4 Å². The van der Waals surface area contributed by atoms with Crippen LogP contribution < -0.4 is 10.8 Å². The molecule has 1 aliphatic heterocycles. The van der Waals surface area contributed by atoms with E-state index in [4.69, 9.17) is 4.63 Å². The summed E-state index contributed by atoms with van der Waals surface area (Å²) in [6, 6.07) is 3.84. The fourth-order valence-electron chi connectivity index (χ4n) is 2.94. The van der Waals surface area contributed by atoms with Gasteiger partial charge in [0.25, 0.3) is 0 Å². The number of hydrogen-bond donors (Lipinski definition) is 3. The molecule has 2 heterocycles. The second-order valence-electron chi connectivity index (χ2n) is 6.18. The first-order chi connectivity index (χ1) is 13.3. The molecular formula is C15H18BrFN6O4S. The second-order valence-corrected chi connectivity index (χ2v) is 8.97. The lowest BCUT2D eigenvalue weighted by Gasteiger charge is -2.22. The number of nitrogens with one attached hydrogen (secondary N) is 2. The molecule has 1 fully saturated rings. The quantitative estimate of drug-likeness (QED) is 0.326. The van der Waals surface area contributed by atoms with Gasteiger partial charge in [0.05, 0.1) is 16.4 Å². The Morgan fingerprint density at radius 3 is 2.96 bits per heavy atom. The van der Waals surface area contributed by atoms with E-state index in [0.29, 0.717) is 18.7 Å². The molecule has 1 aromatic carbocycles. The monoisotopic (exact) mass is 476 g/mol. The Hall–Kier alpha value is -2.09. The molecule has 1 atom stereocenters. The van der Waals surface area contributed by atoms with Crippen LogP contribution in [0, 0.1) is 5.82 Å². The molecule has 13 heteroatoms. The van der Waals surface area contributed by atoms with Gasteiger partial charge in [-0.25, -0.2) is 22.4 Å². The van der Waals surface area contributed by atoms with Gasteiger partial charge in [0.1, 0.15) is 5.82 Å². The molecule has 10 nitrogen and oxygen atoms in total. The number of aromatic nitrogens is 2. The highest BCUT2D eigenvalue weighted by Gasteiger charge is 2.31. The van der Waals surface area contributed by atoms with Gasteiger partial charge in [0, 0.05) is 19.1 Å². The molecule has 1 saturated heterocycles.